The second-order valence-electron chi connectivity index (χ2n) is 8.53. The molecule has 1 aliphatic carbocycles. The number of carbonyl (C=O) groups is 1. The summed E-state index contributed by atoms with van der Waals surface area (Å²) in [7, 11) is 3.16. The number of nitrogens with zero attached hydrogens (tertiary/aromatic N) is 1. The summed E-state index contributed by atoms with van der Waals surface area (Å²) < 4.78 is 87.3. The highest BCUT2D eigenvalue weighted by molar-refractivity contribution is 5.96. The second-order valence-corrected chi connectivity index (χ2v) is 8.53. The minimum Gasteiger partial charge on any atom is -0.378 e. The number of alkyl halides is 6. The summed E-state index contributed by atoms with van der Waals surface area (Å²) in [6.07, 6.45) is -8.75. The van der Waals surface area contributed by atoms with E-state index in [-0.39, 0.29) is 17.5 Å². The maximum atomic E-state index is 14.4. The van der Waals surface area contributed by atoms with Gasteiger partial charge in [-0.1, -0.05) is 25.3 Å². The van der Waals surface area contributed by atoms with E-state index < -0.39 is 35.6 Å². The third-order valence-corrected chi connectivity index (χ3v) is 5.63. The lowest BCUT2D eigenvalue weighted by molar-refractivity contribution is -0.257. The second kappa shape index (κ2) is 9.85. The lowest BCUT2D eigenvalue weighted by atomic mass is 9.85. The van der Waals surface area contributed by atoms with E-state index in [4.69, 9.17) is 4.74 Å². The molecule has 4 nitrogen and oxygen atoms in total. The highest BCUT2D eigenvalue weighted by atomic mass is 19.4. The number of hydrogen-bond donors (Lipinski definition) is 1. The van der Waals surface area contributed by atoms with Crippen LogP contribution in [0.15, 0.2) is 48.7 Å². The van der Waals surface area contributed by atoms with Crippen LogP contribution in [0.5, 0.6) is 0 Å². The summed E-state index contributed by atoms with van der Waals surface area (Å²) in [5, 5.41) is 2.84. The van der Waals surface area contributed by atoms with E-state index in [0.29, 0.717) is 22.8 Å². The van der Waals surface area contributed by atoms with Gasteiger partial charge in [-0.25, -0.2) is 0 Å². The number of amides is 1. The molecule has 0 spiro atoms. The van der Waals surface area contributed by atoms with Crippen LogP contribution in [-0.4, -0.2) is 56.0 Å². The summed E-state index contributed by atoms with van der Waals surface area (Å²) in [5.74, 6) is -0.276. The van der Waals surface area contributed by atoms with Crippen LogP contribution in [-0.2, 0) is 4.74 Å². The molecule has 34 heavy (non-hydrogen) atoms. The van der Waals surface area contributed by atoms with Gasteiger partial charge in [0.15, 0.2) is 0 Å². The number of hydrogen-bond acceptors (Lipinski definition) is 3. The van der Waals surface area contributed by atoms with Gasteiger partial charge in [-0.2, -0.15) is 26.3 Å². The molecule has 2 rings (SSSR count). The van der Waals surface area contributed by atoms with Crippen LogP contribution in [0.1, 0.15) is 40.7 Å². The fraction of sp³-hybridized carbons (Fsp3) is 0.458. The van der Waals surface area contributed by atoms with E-state index >= 15 is 0 Å². The molecule has 0 bridgehead atoms. The lowest BCUT2D eigenvalue weighted by Crippen LogP contribution is -2.52. The number of carbonyl (C=O) groups excluding carboxylic acids is 1. The molecule has 0 aliphatic heterocycles. The first kappa shape index (κ1) is 27.5. The normalized spacial score (nSPS) is 16.6. The van der Waals surface area contributed by atoms with Gasteiger partial charge in [-0.3, -0.25) is 4.79 Å². The SMILES string of the molecule is C=C(CC(OC)(/C(=C/C(=C)C(F)(F)F)N(C)C)C(F)(F)F)c1ccc(C(=O)NC2CC2)c(C)c1. The number of nitrogens with one attached hydrogen (secondary N) is 1. The van der Waals surface area contributed by atoms with Crippen LogP contribution >= 0.6 is 0 Å². The zero-order valence-electron chi connectivity index (χ0n) is 19.5. The fourth-order valence-corrected chi connectivity index (χ4v) is 3.51. The maximum absolute atomic E-state index is 14.4. The first-order chi connectivity index (χ1) is 15.5. The molecule has 188 valence electrons. The van der Waals surface area contributed by atoms with Crippen molar-refractivity contribution in [2.45, 2.75) is 50.2 Å². The highest BCUT2D eigenvalue weighted by Crippen LogP contribution is 2.46. The molecule has 0 radical (unpaired) electrons. The lowest BCUT2D eigenvalue weighted by Gasteiger charge is -2.40. The van der Waals surface area contributed by atoms with E-state index in [9.17, 15) is 31.1 Å². The number of rotatable bonds is 9. The molecule has 1 aliphatic rings. The zero-order chi connectivity index (χ0) is 26.1. The number of aryl methyl sites for hydroxylation is 1. The molecule has 0 saturated heterocycles. The van der Waals surface area contributed by atoms with Crippen molar-refractivity contribution in [2.75, 3.05) is 21.2 Å². The summed E-state index contributed by atoms with van der Waals surface area (Å²) in [5.41, 5.74) is -4.16. The zero-order valence-corrected chi connectivity index (χ0v) is 19.5. The molecule has 1 N–H and O–H groups in total. The Bertz CT molecular complexity index is 990. The molecule has 1 atom stereocenters. The van der Waals surface area contributed by atoms with Crippen molar-refractivity contribution in [2.24, 2.45) is 0 Å². The van der Waals surface area contributed by atoms with Crippen molar-refractivity contribution in [3.8, 4) is 0 Å². The Balaban J connectivity index is 2.46. The van der Waals surface area contributed by atoms with E-state index in [0.717, 1.165) is 24.9 Å². The number of methoxy groups -OCH3 is 1. The molecule has 1 saturated carbocycles. The first-order valence-electron chi connectivity index (χ1n) is 10.4. The first-order valence-corrected chi connectivity index (χ1v) is 10.4. The molecule has 1 aromatic rings. The van der Waals surface area contributed by atoms with Crippen LogP contribution in [0.25, 0.3) is 5.57 Å². The Morgan fingerprint density at radius 1 is 1.18 bits per heavy atom. The van der Waals surface area contributed by atoms with Crippen molar-refractivity contribution in [1.82, 2.24) is 10.2 Å². The average Bonchev–Trinajstić information content (AvgIpc) is 3.51. The standard InChI is InChI=1S/C24H28F6N2O2/c1-14-11-17(7-10-19(14)21(33)31-18-8-9-18)15(2)13-22(34-6,24(28,29)30)20(32(4)5)12-16(3)23(25,26)27/h7,10-12,18H,2-3,8-9,13H2,1,4-6H3,(H,31,33)/b20-12-. The Morgan fingerprint density at radius 2 is 1.76 bits per heavy atom. The number of allylic oxidation sites excluding steroid dienone is 2. The predicted molar refractivity (Wildman–Crippen MR) is 118 cm³/mol. The third-order valence-electron chi connectivity index (χ3n) is 5.63. The minimum atomic E-state index is -5.09. The van der Waals surface area contributed by atoms with Gasteiger partial charge in [-0.15, -0.1) is 0 Å². The molecular weight excluding hydrogens is 462 g/mol. The van der Waals surface area contributed by atoms with Gasteiger partial charge in [0.05, 0.1) is 11.3 Å². The maximum Gasteiger partial charge on any atom is 0.423 e. The minimum absolute atomic E-state index is 0.0261. The van der Waals surface area contributed by atoms with Gasteiger partial charge in [-0.05, 0) is 48.6 Å². The number of benzene rings is 1. The number of halogens is 6. The largest absolute Gasteiger partial charge is 0.423 e. The topological polar surface area (TPSA) is 41.6 Å². The van der Waals surface area contributed by atoms with E-state index in [1.807, 2.05) is 0 Å². The van der Waals surface area contributed by atoms with Gasteiger partial charge in [0.2, 0.25) is 5.60 Å². The molecule has 1 unspecified atom stereocenters. The van der Waals surface area contributed by atoms with E-state index in [1.165, 1.54) is 32.3 Å². The van der Waals surface area contributed by atoms with Crippen LogP contribution < -0.4 is 5.32 Å². The summed E-state index contributed by atoms with van der Waals surface area (Å²) in [4.78, 5) is 13.3. The molecular formula is C24H28F6N2O2. The van der Waals surface area contributed by atoms with Crippen LogP contribution in [0.2, 0.25) is 0 Å². The van der Waals surface area contributed by atoms with Crippen molar-refractivity contribution in [3.63, 3.8) is 0 Å². The molecule has 10 heteroatoms. The number of ether oxygens (including phenoxy) is 1. The quantitative estimate of drug-likeness (QED) is 0.351. The average molecular weight is 490 g/mol. The fourth-order valence-electron chi connectivity index (χ4n) is 3.51. The molecule has 0 heterocycles. The molecule has 1 amide bonds. The van der Waals surface area contributed by atoms with Crippen molar-refractivity contribution < 1.29 is 35.9 Å². The third kappa shape index (κ3) is 6.02. The van der Waals surface area contributed by atoms with Gasteiger partial charge in [0.25, 0.3) is 5.91 Å². The van der Waals surface area contributed by atoms with E-state index in [1.54, 1.807) is 6.92 Å². The Morgan fingerprint density at radius 3 is 2.18 bits per heavy atom. The summed E-state index contributed by atoms with van der Waals surface area (Å²) in [6.45, 7) is 8.25. The highest BCUT2D eigenvalue weighted by Gasteiger charge is 2.59. The Kier molecular flexibility index (Phi) is 7.97. The molecule has 1 aromatic carbocycles. The molecule has 0 aromatic heterocycles. The predicted octanol–water partition coefficient (Wildman–Crippen LogP) is 5.80. The van der Waals surface area contributed by atoms with Gasteiger partial charge < -0.3 is 15.0 Å². The number of likely N-dealkylation sites (N-methyl/N-ethyl adjacent to an activating group) is 1. The van der Waals surface area contributed by atoms with Crippen molar-refractivity contribution in [1.29, 1.82) is 0 Å². The summed E-state index contributed by atoms with van der Waals surface area (Å²) in [6, 6.07) is 4.61. The molecule has 1 fully saturated rings. The Hall–Kier alpha value is -2.75. The van der Waals surface area contributed by atoms with Crippen LogP contribution in [0.4, 0.5) is 26.3 Å². The van der Waals surface area contributed by atoms with Gasteiger partial charge in [0, 0.05) is 39.2 Å². The Labute approximate surface area is 195 Å². The monoisotopic (exact) mass is 490 g/mol. The van der Waals surface area contributed by atoms with E-state index in [2.05, 4.69) is 18.5 Å². The van der Waals surface area contributed by atoms with Crippen molar-refractivity contribution in [3.05, 3.63) is 65.4 Å². The van der Waals surface area contributed by atoms with Gasteiger partial charge >= 0.3 is 12.4 Å². The summed E-state index contributed by atoms with van der Waals surface area (Å²) >= 11 is 0. The van der Waals surface area contributed by atoms with Crippen LogP contribution in [0, 0.1) is 6.92 Å². The van der Waals surface area contributed by atoms with Crippen molar-refractivity contribution >= 4 is 11.5 Å². The van der Waals surface area contributed by atoms with Crippen LogP contribution in [0.3, 0.4) is 0 Å². The van der Waals surface area contributed by atoms with Gasteiger partial charge in [0.1, 0.15) is 0 Å². The smallest absolute Gasteiger partial charge is 0.378 e.